The number of fused-ring (bicyclic) bond motifs is 1. The molecule has 13 heteroatoms. The molecule has 5 N–H and O–H groups in total. The highest BCUT2D eigenvalue weighted by Crippen LogP contribution is 2.40. The maximum atomic E-state index is 13.1. The number of phenols is 1. The van der Waals surface area contributed by atoms with E-state index < -0.39 is 17.9 Å². The lowest BCUT2D eigenvalue weighted by atomic mass is 10.0. The van der Waals surface area contributed by atoms with Crippen LogP contribution >= 0.6 is 23.4 Å². The minimum absolute atomic E-state index is 0.0542. The van der Waals surface area contributed by atoms with Gasteiger partial charge in [-0.3, -0.25) is 19.3 Å². The number of nitrogens with two attached hydrogens (primary N) is 1. The van der Waals surface area contributed by atoms with Crippen LogP contribution in [0.4, 0.5) is 5.69 Å². The molecule has 39 heavy (non-hydrogen) atoms. The number of allylic oxidation sites excluding steroid dienone is 1. The number of aliphatic carboxylic acids is 1. The molecule has 11 nitrogen and oxygen atoms in total. The fraction of sp³-hybridized carbons (Fsp3) is 0.269. The van der Waals surface area contributed by atoms with Gasteiger partial charge in [-0.15, -0.1) is 11.8 Å². The maximum absolute atomic E-state index is 13.1. The number of nitrogens with zero attached hydrogens (tertiary/aromatic N) is 3. The van der Waals surface area contributed by atoms with Crippen LogP contribution in [0, 0.1) is 0 Å². The molecule has 202 valence electrons. The predicted molar refractivity (Wildman–Crippen MR) is 142 cm³/mol. The molecule has 1 aromatic carbocycles. The number of amides is 3. The SMILES string of the molecule is N[C@@H]1C(=O)N2C(C(=O)O)=C(/C=C3\CCN(Cc4cc[n+](CC(=O)Nc5ccc(O)c(Cl)c5)cc4)C3=O)CS[C@H]12. The van der Waals surface area contributed by atoms with Gasteiger partial charge in [-0.1, -0.05) is 11.6 Å². The number of likely N-dealkylation sites (tertiary alicyclic amines) is 1. The zero-order chi connectivity index (χ0) is 27.8. The van der Waals surface area contributed by atoms with Gasteiger partial charge in [-0.25, -0.2) is 4.79 Å². The number of pyridine rings is 1. The molecule has 0 spiro atoms. The summed E-state index contributed by atoms with van der Waals surface area (Å²) in [6.45, 7) is 0.894. The summed E-state index contributed by atoms with van der Waals surface area (Å²) in [5, 5.41) is 21.7. The van der Waals surface area contributed by atoms with Crippen LogP contribution in [-0.4, -0.2) is 67.4 Å². The van der Waals surface area contributed by atoms with Crippen LogP contribution in [0.3, 0.4) is 0 Å². The Morgan fingerprint density at radius 2 is 1.97 bits per heavy atom. The molecule has 0 bridgehead atoms. The molecule has 0 saturated carbocycles. The van der Waals surface area contributed by atoms with Crippen molar-refractivity contribution in [2.24, 2.45) is 5.73 Å². The smallest absolute Gasteiger partial charge is 0.352 e. The molecule has 3 aliphatic rings. The second kappa shape index (κ2) is 10.7. The second-order valence-electron chi connectivity index (χ2n) is 9.35. The van der Waals surface area contributed by atoms with Crippen molar-refractivity contribution in [1.82, 2.24) is 9.80 Å². The van der Waals surface area contributed by atoms with Crippen LogP contribution in [0.1, 0.15) is 12.0 Å². The highest BCUT2D eigenvalue weighted by Gasteiger charge is 2.51. The molecule has 4 heterocycles. The van der Waals surface area contributed by atoms with E-state index in [-0.39, 0.29) is 40.2 Å². The first-order chi connectivity index (χ1) is 18.6. The molecule has 0 radical (unpaired) electrons. The summed E-state index contributed by atoms with van der Waals surface area (Å²) in [4.78, 5) is 52.4. The predicted octanol–water partition coefficient (Wildman–Crippen LogP) is 1.21. The van der Waals surface area contributed by atoms with Gasteiger partial charge < -0.3 is 26.2 Å². The van der Waals surface area contributed by atoms with Crippen molar-refractivity contribution in [1.29, 1.82) is 0 Å². The van der Waals surface area contributed by atoms with Gasteiger partial charge in [0.05, 0.1) is 5.02 Å². The Labute approximate surface area is 232 Å². The lowest BCUT2D eigenvalue weighted by molar-refractivity contribution is -0.684. The maximum Gasteiger partial charge on any atom is 0.352 e. The van der Waals surface area contributed by atoms with Gasteiger partial charge in [0.1, 0.15) is 22.9 Å². The zero-order valence-electron chi connectivity index (χ0n) is 20.5. The topological polar surface area (TPSA) is 157 Å². The standard InChI is InChI=1S/C26H24ClN5O6S/c27-18-10-17(1-2-19(18)33)29-20(34)12-30-6-3-14(4-7-30)11-31-8-5-15(23(31)35)9-16-13-39-25-21(28)24(36)32(25)22(16)26(37)38/h1-4,6-7,9-10,21,25H,5,8,11-13,28H2,(H2-,29,33,34,37,38)/p+1/b15-9+/t21-,25-/m1/s1. The number of thioether (sulfide) groups is 1. The summed E-state index contributed by atoms with van der Waals surface area (Å²) in [7, 11) is 0. The van der Waals surface area contributed by atoms with E-state index in [9.17, 15) is 29.4 Å². The van der Waals surface area contributed by atoms with Crippen molar-refractivity contribution in [2.75, 3.05) is 17.6 Å². The number of carbonyl (C=O) groups excluding carboxylic acids is 3. The summed E-state index contributed by atoms with van der Waals surface area (Å²) in [6.07, 6.45) is 5.55. The molecule has 3 aliphatic heterocycles. The molecule has 2 atom stereocenters. The van der Waals surface area contributed by atoms with Crippen LogP contribution in [-0.2, 0) is 32.3 Å². The zero-order valence-corrected chi connectivity index (χ0v) is 22.1. The van der Waals surface area contributed by atoms with E-state index in [1.807, 2.05) is 12.1 Å². The number of phenolic OH excluding ortho intramolecular Hbond substituents is 1. The van der Waals surface area contributed by atoms with Gasteiger partial charge in [0.2, 0.25) is 18.4 Å². The molecule has 0 aliphatic carbocycles. The molecule has 1 aromatic heterocycles. The largest absolute Gasteiger partial charge is 0.506 e. The van der Waals surface area contributed by atoms with E-state index in [4.69, 9.17) is 17.3 Å². The number of nitrogens with one attached hydrogen (secondary N) is 1. The average molecular weight is 571 g/mol. The average Bonchev–Trinajstić information content (AvgIpc) is 3.24. The monoisotopic (exact) mass is 570 g/mol. The first-order valence-electron chi connectivity index (χ1n) is 12.1. The first-order valence-corrected chi connectivity index (χ1v) is 13.5. The Morgan fingerprint density at radius 1 is 1.23 bits per heavy atom. The number of hydrogen-bond donors (Lipinski definition) is 4. The Bertz CT molecular complexity index is 1440. The summed E-state index contributed by atoms with van der Waals surface area (Å²) < 4.78 is 1.69. The highest BCUT2D eigenvalue weighted by atomic mass is 35.5. The number of anilines is 1. The number of β-lactam (4-membered cyclic amide) rings is 1. The van der Waals surface area contributed by atoms with Crippen LogP contribution < -0.4 is 15.6 Å². The number of aromatic hydroxyl groups is 1. The van der Waals surface area contributed by atoms with Crippen LogP contribution in [0.15, 0.2) is 65.6 Å². The Hall–Kier alpha value is -3.87. The number of carbonyl (C=O) groups is 4. The van der Waals surface area contributed by atoms with Gasteiger partial charge in [0.15, 0.2) is 12.4 Å². The van der Waals surface area contributed by atoms with Gasteiger partial charge in [0, 0.05) is 42.2 Å². The Kier molecular flexibility index (Phi) is 7.34. The van der Waals surface area contributed by atoms with Crippen molar-refractivity contribution in [3.63, 3.8) is 0 Å². The van der Waals surface area contributed by atoms with Crippen LogP contribution in [0.2, 0.25) is 5.02 Å². The Balaban J connectivity index is 1.21. The fourth-order valence-corrected chi connectivity index (χ4v) is 6.12. The minimum atomic E-state index is -1.21. The van der Waals surface area contributed by atoms with Crippen molar-refractivity contribution >= 4 is 52.7 Å². The number of hydrogen-bond acceptors (Lipinski definition) is 7. The third-order valence-electron chi connectivity index (χ3n) is 6.69. The molecule has 2 saturated heterocycles. The molecule has 5 rings (SSSR count). The van der Waals surface area contributed by atoms with E-state index in [0.717, 1.165) is 5.56 Å². The quantitative estimate of drug-likeness (QED) is 0.167. The number of carboxylic acid groups (broad SMARTS) is 1. The van der Waals surface area contributed by atoms with E-state index in [1.54, 1.807) is 34.0 Å². The van der Waals surface area contributed by atoms with Crippen LogP contribution in [0.25, 0.3) is 0 Å². The minimum Gasteiger partial charge on any atom is -0.506 e. The van der Waals surface area contributed by atoms with E-state index in [1.165, 1.54) is 28.8 Å². The van der Waals surface area contributed by atoms with Crippen molar-refractivity contribution in [3.05, 3.63) is 76.2 Å². The second-order valence-corrected chi connectivity index (χ2v) is 10.9. The number of rotatable bonds is 7. The molecule has 2 fully saturated rings. The van der Waals surface area contributed by atoms with Crippen molar-refractivity contribution < 1.29 is 34.0 Å². The number of carboxylic acids is 1. The summed E-state index contributed by atoms with van der Waals surface area (Å²) in [5.74, 6) is -1.82. The van der Waals surface area contributed by atoms with Gasteiger partial charge in [-0.2, -0.15) is 4.57 Å². The number of benzene rings is 1. The molecule has 2 aromatic rings. The van der Waals surface area contributed by atoms with Gasteiger partial charge in [-0.05, 0) is 41.8 Å². The fourth-order valence-electron chi connectivity index (χ4n) is 4.68. The van der Waals surface area contributed by atoms with Gasteiger partial charge in [0.25, 0.3) is 5.91 Å². The lowest BCUT2D eigenvalue weighted by Crippen LogP contribution is -2.68. The number of aromatic nitrogens is 1. The van der Waals surface area contributed by atoms with E-state index in [0.29, 0.717) is 42.1 Å². The van der Waals surface area contributed by atoms with E-state index >= 15 is 0 Å². The lowest BCUT2D eigenvalue weighted by Gasteiger charge is -2.47. The van der Waals surface area contributed by atoms with Crippen LogP contribution in [0.5, 0.6) is 5.75 Å². The summed E-state index contributed by atoms with van der Waals surface area (Å²) in [6, 6.07) is 7.34. The van der Waals surface area contributed by atoms with Crippen molar-refractivity contribution in [3.8, 4) is 5.75 Å². The molecule has 0 unspecified atom stereocenters. The Morgan fingerprint density at radius 3 is 2.67 bits per heavy atom. The summed E-state index contributed by atoms with van der Waals surface area (Å²) >= 11 is 7.26. The molecular weight excluding hydrogens is 546 g/mol. The third kappa shape index (κ3) is 5.35. The van der Waals surface area contributed by atoms with Crippen molar-refractivity contribution in [2.45, 2.75) is 30.9 Å². The number of halogens is 1. The summed E-state index contributed by atoms with van der Waals surface area (Å²) in [5.41, 5.74) is 7.96. The first kappa shape index (κ1) is 26.7. The highest BCUT2D eigenvalue weighted by molar-refractivity contribution is 8.00. The molecular formula is C26H25ClN5O6S+. The molecule has 3 amide bonds. The van der Waals surface area contributed by atoms with Gasteiger partial charge >= 0.3 is 5.97 Å². The van der Waals surface area contributed by atoms with E-state index in [2.05, 4.69) is 5.32 Å². The third-order valence-corrected chi connectivity index (χ3v) is 8.32. The normalized spacial score (nSPS) is 21.7.